The molecule has 0 heterocycles. The fourth-order valence-electron chi connectivity index (χ4n) is 1.38. The molecular weight excluding hydrogens is 405 g/mol. The maximum Gasteiger partial charge on any atom is 0.224 e. The fraction of sp³-hybridized carbons (Fsp3) is 0.500. The predicted molar refractivity (Wildman–Crippen MR) is 88.7 cm³/mol. The lowest BCUT2D eigenvalue weighted by Crippen LogP contribution is -2.24. The van der Waals surface area contributed by atoms with Crippen molar-refractivity contribution >= 4 is 50.1 Å². The average Bonchev–Trinajstić information content (AvgIpc) is 2.20. The molecule has 0 aliphatic carbocycles. The minimum absolute atomic E-state index is 0.0688. The Kier molecular flexibility index (Phi) is 5.65. The van der Waals surface area contributed by atoms with Crippen molar-refractivity contribution in [1.82, 2.24) is 0 Å². The monoisotopic (exact) mass is 423 g/mol. The summed E-state index contributed by atoms with van der Waals surface area (Å²) >= 11 is 5.71. The van der Waals surface area contributed by atoms with Gasteiger partial charge in [0.2, 0.25) is 5.91 Å². The predicted octanol–water partition coefficient (Wildman–Crippen LogP) is 5.06. The number of hydrogen-bond acceptors (Lipinski definition) is 1. The zero-order valence-electron chi connectivity index (χ0n) is 11.2. The molecule has 100 valence electrons. The van der Waals surface area contributed by atoms with Crippen LogP contribution in [0.3, 0.4) is 0 Å². The molecule has 1 aromatic carbocycles. The summed E-state index contributed by atoms with van der Waals surface area (Å²) in [6, 6.07) is 5.89. The third-order valence-electron chi connectivity index (χ3n) is 3.18. The van der Waals surface area contributed by atoms with E-state index < -0.39 is 0 Å². The normalized spacial score (nSPS) is 13.2. The maximum absolute atomic E-state index is 12.0. The van der Waals surface area contributed by atoms with E-state index in [-0.39, 0.29) is 11.3 Å². The molecule has 0 fully saturated rings. The summed E-state index contributed by atoms with van der Waals surface area (Å²) in [4.78, 5) is 12.0. The molecule has 18 heavy (non-hydrogen) atoms. The standard InChI is InChI=1S/C14H19BrINO/c1-9(14(2,3)4)7-13(18)17-12-6-5-10(16)8-11(12)15/h5-6,8-9H,7H2,1-4H3,(H,17,18). The van der Waals surface area contributed by atoms with E-state index in [1.54, 1.807) is 0 Å². The largest absolute Gasteiger partial charge is 0.325 e. The minimum atomic E-state index is 0.0688. The van der Waals surface area contributed by atoms with Crippen molar-refractivity contribution in [2.45, 2.75) is 34.1 Å². The van der Waals surface area contributed by atoms with Gasteiger partial charge in [-0.1, -0.05) is 27.7 Å². The lowest BCUT2D eigenvalue weighted by Gasteiger charge is -2.26. The smallest absolute Gasteiger partial charge is 0.224 e. The Balaban J connectivity index is 2.65. The number of amides is 1. The van der Waals surface area contributed by atoms with Crippen molar-refractivity contribution in [3.63, 3.8) is 0 Å². The van der Waals surface area contributed by atoms with Gasteiger partial charge in [0.25, 0.3) is 0 Å². The Morgan fingerprint density at radius 3 is 2.56 bits per heavy atom. The molecular formula is C14H19BrINO. The highest BCUT2D eigenvalue weighted by atomic mass is 127. The summed E-state index contributed by atoms with van der Waals surface area (Å²) < 4.78 is 2.06. The van der Waals surface area contributed by atoms with Gasteiger partial charge in [0.1, 0.15) is 0 Å². The Labute approximate surface area is 131 Å². The van der Waals surface area contributed by atoms with E-state index >= 15 is 0 Å². The highest BCUT2D eigenvalue weighted by Gasteiger charge is 2.22. The topological polar surface area (TPSA) is 29.1 Å². The summed E-state index contributed by atoms with van der Waals surface area (Å²) in [5.74, 6) is 0.416. The van der Waals surface area contributed by atoms with E-state index in [9.17, 15) is 4.79 Å². The number of nitrogens with one attached hydrogen (secondary N) is 1. The van der Waals surface area contributed by atoms with Gasteiger partial charge in [-0.2, -0.15) is 0 Å². The molecule has 1 atom stereocenters. The van der Waals surface area contributed by atoms with Crippen LogP contribution in [-0.2, 0) is 4.79 Å². The molecule has 0 saturated carbocycles. The summed E-state index contributed by atoms with van der Waals surface area (Å²) in [6.45, 7) is 8.59. The number of rotatable bonds is 3. The second kappa shape index (κ2) is 6.37. The van der Waals surface area contributed by atoms with Gasteiger partial charge in [0.05, 0.1) is 5.69 Å². The van der Waals surface area contributed by atoms with Crippen LogP contribution in [0, 0.1) is 14.9 Å². The number of benzene rings is 1. The summed E-state index contributed by atoms with van der Waals surface area (Å²) in [7, 11) is 0. The van der Waals surface area contributed by atoms with Crippen LogP contribution in [0.15, 0.2) is 22.7 Å². The Morgan fingerprint density at radius 2 is 2.06 bits per heavy atom. The highest BCUT2D eigenvalue weighted by molar-refractivity contribution is 14.1. The Morgan fingerprint density at radius 1 is 1.44 bits per heavy atom. The fourth-order valence-corrected chi connectivity index (χ4v) is 2.77. The Hall–Kier alpha value is -0.100. The molecule has 0 bridgehead atoms. The number of anilines is 1. The molecule has 1 N–H and O–H groups in total. The quantitative estimate of drug-likeness (QED) is 0.676. The second-order valence-electron chi connectivity index (χ2n) is 5.64. The molecule has 1 rings (SSSR count). The number of hydrogen-bond donors (Lipinski definition) is 1. The van der Waals surface area contributed by atoms with E-state index in [4.69, 9.17) is 0 Å². The van der Waals surface area contributed by atoms with Gasteiger partial charge in [-0.25, -0.2) is 0 Å². The van der Waals surface area contributed by atoms with Crippen LogP contribution in [0.4, 0.5) is 5.69 Å². The molecule has 2 nitrogen and oxygen atoms in total. The number of carbonyl (C=O) groups excluding carboxylic acids is 1. The van der Waals surface area contributed by atoms with Crippen molar-refractivity contribution in [2.75, 3.05) is 5.32 Å². The molecule has 1 unspecified atom stereocenters. The zero-order chi connectivity index (χ0) is 13.9. The zero-order valence-corrected chi connectivity index (χ0v) is 14.9. The molecule has 1 amide bonds. The number of carbonyl (C=O) groups is 1. The first-order valence-electron chi connectivity index (χ1n) is 5.95. The average molecular weight is 424 g/mol. The summed E-state index contributed by atoms with van der Waals surface area (Å²) in [6.07, 6.45) is 0.544. The van der Waals surface area contributed by atoms with Crippen LogP contribution in [0.1, 0.15) is 34.1 Å². The molecule has 0 aliphatic rings. The Bertz CT molecular complexity index is 440. The van der Waals surface area contributed by atoms with Gasteiger partial charge >= 0.3 is 0 Å². The lowest BCUT2D eigenvalue weighted by atomic mass is 9.80. The van der Waals surface area contributed by atoms with Crippen LogP contribution in [-0.4, -0.2) is 5.91 Å². The van der Waals surface area contributed by atoms with Crippen molar-refractivity contribution in [2.24, 2.45) is 11.3 Å². The van der Waals surface area contributed by atoms with E-state index in [0.29, 0.717) is 12.3 Å². The van der Waals surface area contributed by atoms with E-state index in [1.165, 1.54) is 0 Å². The van der Waals surface area contributed by atoms with Crippen LogP contribution >= 0.6 is 38.5 Å². The minimum Gasteiger partial charge on any atom is -0.325 e. The maximum atomic E-state index is 12.0. The van der Waals surface area contributed by atoms with Crippen molar-refractivity contribution in [1.29, 1.82) is 0 Å². The molecule has 4 heteroatoms. The van der Waals surface area contributed by atoms with Gasteiger partial charge in [-0.15, -0.1) is 0 Å². The van der Waals surface area contributed by atoms with E-state index in [2.05, 4.69) is 71.5 Å². The third kappa shape index (κ3) is 4.88. The summed E-state index contributed by atoms with van der Waals surface area (Å²) in [5, 5.41) is 2.95. The first kappa shape index (κ1) is 16.0. The molecule has 0 saturated heterocycles. The van der Waals surface area contributed by atoms with Crippen molar-refractivity contribution in [3.8, 4) is 0 Å². The molecule has 0 aliphatic heterocycles. The van der Waals surface area contributed by atoms with Gasteiger partial charge in [0, 0.05) is 14.5 Å². The van der Waals surface area contributed by atoms with Crippen LogP contribution in [0.25, 0.3) is 0 Å². The van der Waals surface area contributed by atoms with E-state index in [1.807, 2.05) is 18.2 Å². The van der Waals surface area contributed by atoms with Gasteiger partial charge in [-0.05, 0) is 68.1 Å². The van der Waals surface area contributed by atoms with Crippen LogP contribution in [0.2, 0.25) is 0 Å². The van der Waals surface area contributed by atoms with Gasteiger partial charge < -0.3 is 5.32 Å². The van der Waals surface area contributed by atoms with Crippen molar-refractivity contribution in [3.05, 3.63) is 26.2 Å². The van der Waals surface area contributed by atoms with Gasteiger partial charge in [0.15, 0.2) is 0 Å². The summed E-state index contributed by atoms with van der Waals surface area (Å²) in [5.41, 5.74) is 0.988. The second-order valence-corrected chi connectivity index (χ2v) is 7.74. The molecule has 1 aromatic rings. The first-order valence-corrected chi connectivity index (χ1v) is 7.82. The molecule has 0 aromatic heterocycles. The molecule has 0 spiro atoms. The third-order valence-corrected chi connectivity index (χ3v) is 4.50. The molecule has 0 radical (unpaired) electrons. The number of halogens is 2. The highest BCUT2D eigenvalue weighted by Crippen LogP contribution is 2.29. The van der Waals surface area contributed by atoms with E-state index in [0.717, 1.165) is 13.7 Å². The first-order chi connectivity index (χ1) is 8.20. The van der Waals surface area contributed by atoms with Gasteiger partial charge in [-0.3, -0.25) is 4.79 Å². The van der Waals surface area contributed by atoms with Crippen LogP contribution in [0.5, 0.6) is 0 Å². The lowest BCUT2D eigenvalue weighted by molar-refractivity contribution is -0.117. The van der Waals surface area contributed by atoms with Crippen molar-refractivity contribution < 1.29 is 4.79 Å². The van der Waals surface area contributed by atoms with Crippen LogP contribution < -0.4 is 5.32 Å². The SMILES string of the molecule is CC(CC(=O)Nc1ccc(I)cc1Br)C(C)(C)C.